The number of Topliss-reactive ketones (excluding diaryl/α,β-unsaturated/α-hetero) is 1. The van der Waals surface area contributed by atoms with Crippen LogP contribution >= 0.6 is 15.9 Å². The maximum Gasteiger partial charge on any atom is 0.414 e. The van der Waals surface area contributed by atoms with Crippen LogP contribution in [-0.2, 0) is 11.2 Å². The zero-order chi connectivity index (χ0) is 15.1. The molecule has 1 amide bonds. The van der Waals surface area contributed by atoms with Crippen molar-refractivity contribution in [2.75, 3.05) is 11.4 Å². The van der Waals surface area contributed by atoms with E-state index in [9.17, 15) is 9.59 Å². The molecule has 0 unspecified atom stereocenters. The van der Waals surface area contributed by atoms with E-state index in [0.717, 1.165) is 16.5 Å². The van der Waals surface area contributed by atoms with E-state index in [1.54, 1.807) is 11.0 Å². The number of anilines is 1. The summed E-state index contributed by atoms with van der Waals surface area (Å²) in [6, 6.07) is 3.70. The molecule has 0 saturated carbocycles. The molecule has 108 valence electrons. The average molecular weight is 340 g/mol. The van der Waals surface area contributed by atoms with Crippen LogP contribution in [0.25, 0.3) is 0 Å². The lowest BCUT2D eigenvalue weighted by Gasteiger charge is -2.25. The van der Waals surface area contributed by atoms with Crippen molar-refractivity contribution in [3.8, 4) is 0 Å². The van der Waals surface area contributed by atoms with Gasteiger partial charge in [-0.15, -0.1) is 0 Å². The summed E-state index contributed by atoms with van der Waals surface area (Å²) in [6.07, 6.45) is 0.329. The van der Waals surface area contributed by atoms with Crippen molar-refractivity contribution in [3.05, 3.63) is 27.7 Å². The van der Waals surface area contributed by atoms with E-state index < -0.39 is 11.7 Å². The SMILES string of the molecule is CC(=O)c1cc(Br)cc2c1N(C(=O)OC(C)(C)C)CC2. The Bertz CT molecular complexity index is 575. The average Bonchev–Trinajstić information content (AvgIpc) is 2.68. The van der Waals surface area contributed by atoms with Gasteiger partial charge in [0.15, 0.2) is 5.78 Å². The molecule has 0 aromatic heterocycles. The van der Waals surface area contributed by atoms with Crippen LogP contribution in [-0.4, -0.2) is 24.0 Å². The van der Waals surface area contributed by atoms with Gasteiger partial charge in [0.25, 0.3) is 0 Å². The number of hydrogen-bond donors (Lipinski definition) is 0. The van der Waals surface area contributed by atoms with Gasteiger partial charge in [-0.25, -0.2) is 4.79 Å². The fraction of sp³-hybridized carbons (Fsp3) is 0.467. The van der Waals surface area contributed by atoms with Crippen molar-refractivity contribution in [2.24, 2.45) is 0 Å². The highest BCUT2D eigenvalue weighted by molar-refractivity contribution is 9.10. The number of hydrogen-bond acceptors (Lipinski definition) is 3. The Hall–Kier alpha value is -1.36. The van der Waals surface area contributed by atoms with Crippen molar-refractivity contribution in [3.63, 3.8) is 0 Å². The second-order valence-corrected chi connectivity index (χ2v) is 6.81. The Morgan fingerprint density at radius 1 is 1.30 bits per heavy atom. The predicted molar refractivity (Wildman–Crippen MR) is 81.4 cm³/mol. The van der Waals surface area contributed by atoms with Gasteiger partial charge in [-0.3, -0.25) is 9.69 Å². The van der Waals surface area contributed by atoms with Gasteiger partial charge in [0.05, 0.1) is 5.69 Å². The molecular weight excluding hydrogens is 322 g/mol. The van der Waals surface area contributed by atoms with Crippen molar-refractivity contribution in [1.82, 2.24) is 0 Å². The highest BCUT2D eigenvalue weighted by atomic mass is 79.9. The fourth-order valence-corrected chi connectivity index (χ4v) is 2.78. The van der Waals surface area contributed by atoms with Crippen molar-refractivity contribution in [2.45, 2.75) is 39.7 Å². The summed E-state index contributed by atoms with van der Waals surface area (Å²) in [4.78, 5) is 25.6. The van der Waals surface area contributed by atoms with Crippen LogP contribution in [0.5, 0.6) is 0 Å². The first kappa shape index (κ1) is 15.0. The molecule has 1 aromatic rings. The second-order valence-electron chi connectivity index (χ2n) is 5.90. The zero-order valence-corrected chi connectivity index (χ0v) is 13.7. The number of halogens is 1. The van der Waals surface area contributed by atoms with E-state index in [-0.39, 0.29) is 5.78 Å². The molecule has 0 fully saturated rings. The van der Waals surface area contributed by atoms with E-state index in [1.165, 1.54) is 6.92 Å². The molecule has 0 radical (unpaired) electrons. The minimum atomic E-state index is -0.550. The van der Waals surface area contributed by atoms with Gasteiger partial charge in [0.2, 0.25) is 0 Å². The maximum atomic E-state index is 12.3. The molecular formula is C15H18BrNO3. The molecule has 0 atom stereocenters. The van der Waals surface area contributed by atoms with Gasteiger partial charge >= 0.3 is 6.09 Å². The normalized spacial score (nSPS) is 14.2. The number of fused-ring (bicyclic) bond motifs is 1. The Morgan fingerprint density at radius 2 is 1.95 bits per heavy atom. The largest absolute Gasteiger partial charge is 0.443 e. The summed E-state index contributed by atoms with van der Waals surface area (Å²) < 4.78 is 6.26. The highest BCUT2D eigenvalue weighted by Crippen LogP contribution is 2.35. The Morgan fingerprint density at radius 3 is 2.50 bits per heavy atom. The number of amides is 1. The summed E-state index contributed by atoms with van der Waals surface area (Å²) in [7, 11) is 0. The highest BCUT2D eigenvalue weighted by Gasteiger charge is 2.32. The predicted octanol–water partition coefficient (Wildman–Crippen LogP) is 3.95. The molecule has 20 heavy (non-hydrogen) atoms. The Balaban J connectivity index is 2.41. The summed E-state index contributed by atoms with van der Waals surface area (Å²) >= 11 is 3.40. The lowest BCUT2D eigenvalue weighted by Crippen LogP contribution is -2.36. The first-order chi connectivity index (χ1) is 9.19. The van der Waals surface area contributed by atoms with Gasteiger partial charge < -0.3 is 4.74 Å². The molecule has 0 spiro atoms. The van der Waals surface area contributed by atoms with Gasteiger partial charge in [0, 0.05) is 16.6 Å². The smallest absolute Gasteiger partial charge is 0.414 e. The third kappa shape index (κ3) is 3.03. The molecule has 0 N–H and O–H groups in total. The summed E-state index contributed by atoms with van der Waals surface area (Å²) in [5.74, 6) is -0.0574. The lowest BCUT2D eigenvalue weighted by atomic mass is 10.0. The van der Waals surface area contributed by atoms with E-state index in [0.29, 0.717) is 17.8 Å². The summed E-state index contributed by atoms with van der Waals surface area (Å²) in [5.41, 5.74) is 1.69. The van der Waals surface area contributed by atoms with Crippen LogP contribution in [0.2, 0.25) is 0 Å². The zero-order valence-electron chi connectivity index (χ0n) is 12.1. The quantitative estimate of drug-likeness (QED) is 0.727. The van der Waals surface area contributed by atoms with E-state index >= 15 is 0 Å². The monoisotopic (exact) mass is 339 g/mol. The number of ketones is 1. The van der Waals surface area contributed by atoms with Gasteiger partial charge in [-0.2, -0.15) is 0 Å². The molecule has 5 heteroatoms. The van der Waals surface area contributed by atoms with Gasteiger partial charge in [-0.05, 0) is 51.8 Å². The van der Waals surface area contributed by atoms with Gasteiger partial charge in [-0.1, -0.05) is 15.9 Å². The van der Waals surface area contributed by atoms with Crippen molar-refractivity contribution < 1.29 is 14.3 Å². The van der Waals surface area contributed by atoms with E-state index in [1.807, 2.05) is 26.8 Å². The molecule has 4 nitrogen and oxygen atoms in total. The number of nitrogens with zero attached hydrogens (tertiary/aromatic N) is 1. The molecule has 1 aromatic carbocycles. The Labute approximate surface area is 127 Å². The summed E-state index contributed by atoms with van der Waals surface area (Å²) in [6.45, 7) is 7.54. The molecule has 0 saturated heterocycles. The van der Waals surface area contributed by atoms with Crippen LogP contribution < -0.4 is 4.90 Å². The molecule has 0 aliphatic carbocycles. The molecule has 2 rings (SSSR count). The maximum absolute atomic E-state index is 12.3. The third-order valence-electron chi connectivity index (χ3n) is 3.02. The minimum absolute atomic E-state index is 0.0574. The van der Waals surface area contributed by atoms with Crippen LogP contribution in [0.3, 0.4) is 0 Å². The number of carbonyl (C=O) groups is 2. The van der Waals surface area contributed by atoms with E-state index in [2.05, 4.69) is 15.9 Å². The minimum Gasteiger partial charge on any atom is -0.443 e. The number of benzene rings is 1. The third-order valence-corrected chi connectivity index (χ3v) is 3.48. The van der Waals surface area contributed by atoms with Crippen LogP contribution in [0, 0.1) is 0 Å². The van der Waals surface area contributed by atoms with Crippen LogP contribution in [0.4, 0.5) is 10.5 Å². The first-order valence-corrected chi connectivity index (χ1v) is 7.32. The number of carbonyl (C=O) groups excluding carboxylic acids is 2. The first-order valence-electron chi connectivity index (χ1n) is 6.53. The topological polar surface area (TPSA) is 46.6 Å². The van der Waals surface area contributed by atoms with Crippen LogP contribution in [0.15, 0.2) is 16.6 Å². The number of ether oxygens (including phenoxy) is 1. The van der Waals surface area contributed by atoms with Crippen molar-refractivity contribution in [1.29, 1.82) is 0 Å². The van der Waals surface area contributed by atoms with Crippen LogP contribution in [0.1, 0.15) is 43.6 Å². The molecule has 1 aliphatic rings. The Kier molecular flexibility index (Phi) is 3.91. The molecule has 1 heterocycles. The van der Waals surface area contributed by atoms with Gasteiger partial charge in [0.1, 0.15) is 5.60 Å². The molecule has 0 bridgehead atoms. The van der Waals surface area contributed by atoms with E-state index in [4.69, 9.17) is 4.74 Å². The number of rotatable bonds is 1. The standard InChI is InChI=1S/C15H18BrNO3/c1-9(18)12-8-11(16)7-10-5-6-17(13(10)12)14(19)20-15(2,3)4/h7-8H,5-6H2,1-4H3. The second kappa shape index (κ2) is 5.20. The molecule has 1 aliphatic heterocycles. The summed E-state index contributed by atoms with van der Waals surface area (Å²) in [5, 5.41) is 0. The fourth-order valence-electron chi connectivity index (χ4n) is 2.28. The lowest BCUT2D eigenvalue weighted by molar-refractivity contribution is 0.0584. The van der Waals surface area contributed by atoms with Crippen molar-refractivity contribution >= 4 is 33.5 Å².